The first-order chi connectivity index (χ1) is 29.8. The molecule has 11 nitrogen and oxygen atoms in total. The zero-order valence-corrected chi connectivity index (χ0v) is 32.3. The summed E-state index contributed by atoms with van der Waals surface area (Å²) in [5.41, 5.74) is 6.70. The van der Waals surface area contributed by atoms with Gasteiger partial charge in [-0.2, -0.15) is 0 Å². The first-order valence-electron chi connectivity index (χ1n) is 20.4. The van der Waals surface area contributed by atoms with Gasteiger partial charge in [0, 0.05) is 22.4 Å². The van der Waals surface area contributed by atoms with Gasteiger partial charge in [0.05, 0.1) is 35.0 Å². The van der Waals surface area contributed by atoms with Crippen molar-refractivity contribution < 1.29 is 33.1 Å². The molecular formula is C50H34N4O7. The maximum Gasteiger partial charge on any atom is 0.238 e. The average Bonchev–Trinajstić information content (AvgIpc) is 4.05. The molecule has 8 aromatic rings. The molecule has 2 aliphatic heterocycles. The summed E-state index contributed by atoms with van der Waals surface area (Å²) in [7, 11) is 0. The molecule has 2 aromatic heterocycles. The molecule has 0 unspecified atom stereocenters. The van der Waals surface area contributed by atoms with Crippen molar-refractivity contribution in [3.8, 4) is 28.7 Å². The number of carbonyl (C=O) groups is 4. The Morgan fingerprint density at radius 2 is 1.05 bits per heavy atom. The second-order valence-corrected chi connectivity index (χ2v) is 16.3. The number of hydrogen-bond donors (Lipinski definition) is 1. The number of anilines is 2. The van der Waals surface area contributed by atoms with Crippen LogP contribution in [-0.4, -0.2) is 38.7 Å². The van der Waals surface area contributed by atoms with Crippen LogP contribution >= 0.6 is 0 Å². The van der Waals surface area contributed by atoms with Crippen molar-refractivity contribution in [1.82, 2.24) is 9.97 Å². The number of phenolic OH excluding ortho intramolecular Hbond substituents is 1. The molecule has 2 saturated heterocycles. The molecule has 296 valence electrons. The van der Waals surface area contributed by atoms with Crippen LogP contribution in [0.4, 0.5) is 11.4 Å². The van der Waals surface area contributed by atoms with Gasteiger partial charge in [-0.1, -0.05) is 66.2 Å². The number of hydrogen-bond acceptors (Lipinski definition) is 9. The van der Waals surface area contributed by atoms with Crippen LogP contribution in [0.15, 0.2) is 154 Å². The van der Waals surface area contributed by atoms with Gasteiger partial charge in [0.25, 0.3) is 0 Å². The first-order valence-corrected chi connectivity index (χ1v) is 20.4. The van der Waals surface area contributed by atoms with Gasteiger partial charge in [-0.15, -0.1) is 0 Å². The van der Waals surface area contributed by atoms with Gasteiger partial charge in [0.1, 0.15) is 16.8 Å². The topological polar surface area (TPSA) is 147 Å². The largest absolute Gasteiger partial charge is 0.507 e. The van der Waals surface area contributed by atoms with Crippen LogP contribution in [0.3, 0.4) is 0 Å². The molecule has 1 saturated carbocycles. The summed E-state index contributed by atoms with van der Waals surface area (Å²) in [4.78, 5) is 70.5. The van der Waals surface area contributed by atoms with E-state index in [9.17, 15) is 24.3 Å². The number of rotatable bonds is 5. The predicted octanol–water partition coefficient (Wildman–Crippen LogP) is 9.21. The van der Waals surface area contributed by atoms with Crippen LogP contribution in [0.25, 0.3) is 55.9 Å². The molecule has 6 aromatic carbocycles. The highest BCUT2D eigenvalue weighted by molar-refractivity contribution is 6.24. The number of nitrogens with zero attached hydrogens (tertiary/aromatic N) is 4. The second-order valence-electron chi connectivity index (χ2n) is 16.3. The Morgan fingerprint density at radius 3 is 1.64 bits per heavy atom. The minimum absolute atomic E-state index is 0.102. The van der Waals surface area contributed by atoms with Gasteiger partial charge >= 0.3 is 0 Å². The predicted molar refractivity (Wildman–Crippen MR) is 227 cm³/mol. The minimum Gasteiger partial charge on any atom is -0.507 e. The third-order valence-electron chi connectivity index (χ3n) is 13.3. The van der Waals surface area contributed by atoms with Crippen LogP contribution in [0.2, 0.25) is 0 Å². The fourth-order valence-electron chi connectivity index (χ4n) is 10.5. The standard InChI is InChI=1S/C50H34N4O7/c55-39-24-23-32(30-7-1-2-8-31(30)39)42-33-21-22-34-43(49(58)53(47(34)56)28-17-13-26(14-18-28)45-51-37-9-3-5-11-40(37)60-45)35(33)25-36-44(42)50(59)54(48(36)57)29-19-15-27(16-20-29)46-52-38-10-4-6-12-41(38)61-46/h1-21,23-24,34-36,42-44,55H,22,25H2/t34-,35+,36+,42-,43-,44+/m0/s1. The van der Waals surface area contributed by atoms with E-state index in [0.717, 1.165) is 27.6 Å². The van der Waals surface area contributed by atoms with Gasteiger partial charge in [0.15, 0.2) is 11.2 Å². The summed E-state index contributed by atoms with van der Waals surface area (Å²) in [6.07, 6.45) is 2.58. The van der Waals surface area contributed by atoms with Gasteiger partial charge in [0.2, 0.25) is 35.4 Å². The lowest BCUT2D eigenvalue weighted by Gasteiger charge is -2.44. The summed E-state index contributed by atoms with van der Waals surface area (Å²) in [6, 6.07) is 40.0. The van der Waals surface area contributed by atoms with Crippen LogP contribution in [0, 0.1) is 29.6 Å². The molecule has 4 amide bonds. The Kier molecular flexibility index (Phi) is 7.62. The van der Waals surface area contributed by atoms with E-state index < -0.39 is 35.5 Å². The normalized spacial score (nSPS) is 23.5. The molecule has 6 atom stereocenters. The zero-order chi connectivity index (χ0) is 41.1. The molecule has 61 heavy (non-hydrogen) atoms. The van der Waals surface area contributed by atoms with Crippen LogP contribution < -0.4 is 9.80 Å². The van der Waals surface area contributed by atoms with Crippen LogP contribution in [-0.2, 0) is 19.2 Å². The lowest BCUT2D eigenvalue weighted by molar-refractivity contribution is -0.126. The SMILES string of the molecule is O=C1[C@H]2[C@H](CC=C3[C@H]2C[C@H]2C(=O)N(c4ccc(-c5nc6ccccc6o5)cc4)C(=O)[C@H]2[C@H]3c2ccc(O)c3ccccc23)C(=O)N1c1ccc(-c2nc3ccccc3o2)cc1. The first kappa shape index (κ1) is 35.3. The summed E-state index contributed by atoms with van der Waals surface area (Å²) >= 11 is 0. The fraction of sp³-hybridized carbons (Fsp3) is 0.160. The summed E-state index contributed by atoms with van der Waals surface area (Å²) in [5, 5.41) is 12.3. The van der Waals surface area contributed by atoms with E-state index in [-0.39, 0.29) is 35.8 Å². The Balaban J connectivity index is 0.911. The number of fused-ring (bicyclic) bond motifs is 7. The van der Waals surface area contributed by atoms with Crippen molar-refractivity contribution in [1.29, 1.82) is 0 Å². The van der Waals surface area contributed by atoms with Crippen molar-refractivity contribution >= 4 is 68.0 Å². The zero-order valence-electron chi connectivity index (χ0n) is 32.3. The van der Waals surface area contributed by atoms with E-state index in [4.69, 9.17) is 8.83 Å². The molecule has 3 fully saturated rings. The van der Waals surface area contributed by atoms with Crippen molar-refractivity contribution in [2.24, 2.45) is 29.6 Å². The average molecular weight is 803 g/mol. The smallest absolute Gasteiger partial charge is 0.238 e. The monoisotopic (exact) mass is 802 g/mol. The molecule has 12 rings (SSSR count). The van der Waals surface area contributed by atoms with Gasteiger partial charge in [-0.3, -0.25) is 29.0 Å². The molecule has 11 heteroatoms. The third kappa shape index (κ3) is 5.22. The lowest BCUT2D eigenvalue weighted by Crippen LogP contribution is -2.43. The Morgan fingerprint density at radius 1 is 0.525 bits per heavy atom. The number of oxazole rings is 2. The highest BCUT2D eigenvalue weighted by Crippen LogP contribution is 2.59. The van der Waals surface area contributed by atoms with E-state index in [1.54, 1.807) is 54.6 Å². The van der Waals surface area contributed by atoms with E-state index in [1.165, 1.54) is 9.80 Å². The highest BCUT2D eigenvalue weighted by Gasteiger charge is 2.62. The number of aromatic hydroxyl groups is 1. The van der Waals surface area contributed by atoms with Gasteiger partial charge < -0.3 is 13.9 Å². The van der Waals surface area contributed by atoms with Crippen molar-refractivity contribution in [3.63, 3.8) is 0 Å². The van der Waals surface area contributed by atoms with E-state index in [2.05, 4.69) is 9.97 Å². The molecule has 0 bridgehead atoms. The molecule has 0 spiro atoms. The highest BCUT2D eigenvalue weighted by atomic mass is 16.4. The van der Waals surface area contributed by atoms with Crippen molar-refractivity contribution in [2.45, 2.75) is 18.8 Å². The minimum atomic E-state index is -0.779. The number of phenols is 1. The quantitative estimate of drug-likeness (QED) is 0.133. The van der Waals surface area contributed by atoms with Crippen molar-refractivity contribution in [2.75, 3.05) is 9.80 Å². The van der Waals surface area contributed by atoms with Crippen LogP contribution in [0.5, 0.6) is 5.75 Å². The number of aromatic nitrogens is 2. The third-order valence-corrected chi connectivity index (χ3v) is 13.3. The number of imide groups is 2. The fourth-order valence-corrected chi connectivity index (χ4v) is 10.5. The van der Waals surface area contributed by atoms with E-state index >= 15 is 0 Å². The number of allylic oxidation sites excluding steroid dienone is 2. The molecular weight excluding hydrogens is 769 g/mol. The van der Waals surface area contributed by atoms with Crippen molar-refractivity contribution in [3.05, 3.63) is 151 Å². The Labute approximate surface area is 347 Å². The maximum absolute atomic E-state index is 14.9. The number of para-hydroxylation sites is 4. The van der Waals surface area contributed by atoms with Gasteiger partial charge in [-0.25, -0.2) is 9.97 Å². The summed E-state index contributed by atoms with van der Waals surface area (Å²) < 4.78 is 11.9. The van der Waals surface area contributed by atoms with E-state index in [1.807, 2.05) is 84.9 Å². The molecule has 0 radical (unpaired) electrons. The number of benzene rings is 6. The number of amides is 4. The number of carbonyl (C=O) groups excluding carboxylic acids is 4. The van der Waals surface area contributed by atoms with Crippen LogP contribution in [0.1, 0.15) is 24.3 Å². The van der Waals surface area contributed by atoms with E-state index in [0.29, 0.717) is 57.3 Å². The second kappa shape index (κ2) is 13.2. The lowest BCUT2D eigenvalue weighted by atomic mass is 9.57. The Bertz CT molecular complexity index is 3140. The molecule has 4 heterocycles. The maximum atomic E-state index is 14.9. The molecule has 4 aliphatic rings. The summed E-state index contributed by atoms with van der Waals surface area (Å²) in [6.45, 7) is 0. The summed E-state index contributed by atoms with van der Waals surface area (Å²) in [5.74, 6) is -4.32. The molecule has 1 N–H and O–H groups in total. The Hall–Kier alpha value is -7.66. The molecule has 2 aliphatic carbocycles. The van der Waals surface area contributed by atoms with Gasteiger partial charge in [-0.05, 0) is 109 Å².